The van der Waals surface area contributed by atoms with Crippen molar-refractivity contribution in [3.63, 3.8) is 0 Å². The van der Waals surface area contributed by atoms with E-state index in [9.17, 15) is 0 Å². The first kappa shape index (κ1) is 22.0. The van der Waals surface area contributed by atoms with Crippen LogP contribution in [0.2, 0.25) is 0 Å². The third-order valence-corrected chi connectivity index (χ3v) is 11.5. The highest BCUT2D eigenvalue weighted by Gasteiger charge is 2.39. The number of fused-ring (bicyclic) bond motifs is 7. The van der Waals surface area contributed by atoms with Gasteiger partial charge < -0.3 is 4.57 Å². The van der Waals surface area contributed by atoms with Crippen LogP contribution in [-0.2, 0) is 4.57 Å². The van der Waals surface area contributed by atoms with Gasteiger partial charge in [-0.1, -0.05) is 97.1 Å². The van der Waals surface area contributed by atoms with Gasteiger partial charge in [0.25, 0.3) is 0 Å². The Morgan fingerprint density at radius 2 is 1.15 bits per heavy atom. The second-order valence-electron chi connectivity index (χ2n) is 10.5. The molecule has 188 valence electrons. The number of rotatable bonds is 2. The van der Waals surface area contributed by atoms with Crippen molar-refractivity contribution in [1.82, 2.24) is 8.90 Å². The van der Waals surface area contributed by atoms with Crippen LogP contribution in [0.25, 0.3) is 60.4 Å². The van der Waals surface area contributed by atoms with Gasteiger partial charge in [0.2, 0.25) is 7.29 Å². The van der Waals surface area contributed by atoms with Crippen molar-refractivity contribution in [2.24, 2.45) is 0 Å². The Labute approximate surface area is 231 Å². The molecule has 0 spiro atoms. The topological polar surface area (TPSA) is 26.9 Å². The first-order chi connectivity index (χ1) is 19.7. The van der Waals surface area contributed by atoms with Crippen molar-refractivity contribution < 1.29 is 4.57 Å². The van der Waals surface area contributed by atoms with Crippen LogP contribution in [0.4, 0.5) is 0 Å². The van der Waals surface area contributed by atoms with Crippen molar-refractivity contribution in [1.29, 1.82) is 0 Å². The lowest BCUT2D eigenvalue weighted by Crippen LogP contribution is -2.21. The molecule has 4 heteroatoms. The van der Waals surface area contributed by atoms with Crippen molar-refractivity contribution >= 4 is 61.5 Å². The molecule has 8 aromatic rings. The zero-order chi connectivity index (χ0) is 26.4. The van der Waals surface area contributed by atoms with E-state index in [-0.39, 0.29) is 0 Å². The number of aromatic nitrogens is 2. The maximum Gasteiger partial charge on any atom is 0.236 e. The highest BCUT2D eigenvalue weighted by Crippen LogP contribution is 2.56. The highest BCUT2D eigenvalue weighted by molar-refractivity contribution is 7.78. The number of nitrogens with zero attached hydrogens (tertiary/aromatic N) is 2. The van der Waals surface area contributed by atoms with Crippen molar-refractivity contribution in [3.8, 4) is 16.8 Å². The molecule has 40 heavy (non-hydrogen) atoms. The van der Waals surface area contributed by atoms with Crippen LogP contribution >= 0.6 is 7.29 Å². The van der Waals surface area contributed by atoms with Gasteiger partial charge in [-0.05, 0) is 53.6 Å². The SMILES string of the molecule is O=P1(c2ccccc2)c2cccc3c4cc(-c5ccccc5)ccc4n(c23)-c2cccc3c4ccccc4n1c23. The van der Waals surface area contributed by atoms with Crippen LogP contribution in [-0.4, -0.2) is 8.90 Å². The third-order valence-electron chi connectivity index (χ3n) is 8.48. The predicted molar refractivity (Wildman–Crippen MR) is 168 cm³/mol. The molecular weight excluding hydrogens is 507 g/mol. The van der Waals surface area contributed by atoms with E-state index in [0.29, 0.717) is 0 Å². The molecule has 1 aliphatic heterocycles. The Morgan fingerprint density at radius 3 is 1.98 bits per heavy atom. The lowest BCUT2D eigenvalue weighted by atomic mass is 10.0. The number of para-hydroxylation sites is 3. The lowest BCUT2D eigenvalue weighted by molar-refractivity contribution is 0.584. The smallest absolute Gasteiger partial charge is 0.236 e. The fourth-order valence-corrected chi connectivity index (χ4v) is 9.87. The van der Waals surface area contributed by atoms with Gasteiger partial charge >= 0.3 is 0 Å². The van der Waals surface area contributed by atoms with Gasteiger partial charge in [0, 0.05) is 26.8 Å². The Morgan fingerprint density at radius 1 is 0.475 bits per heavy atom. The Kier molecular flexibility index (Phi) is 4.32. The minimum Gasteiger partial charge on any atom is -0.306 e. The van der Waals surface area contributed by atoms with Gasteiger partial charge in [-0.15, -0.1) is 0 Å². The fourth-order valence-electron chi connectivity index (χ4n) is 6.80. The number of hydrogen-bond donors (Lipinski definition) is 0. The average Bonchev–Trinajstić information content (AvgIpc) is 3.51. The second kappa shape index (κ2) is 7.85. The van der Waals surface area contributed by atoms with Gasteiger partial charge in [-0.2, -0.15) is 0 Å². The zero-order valence-electron chi connectivity index (χ0n) is 21.5. The third kappa shape index (κ3) is 2.68. The van der Waals surface area contributed by atoms with Gasteiger partial charge in [-0.25, -0.2) is 0 Å². The molecule has 9 rings (SSSR count). The van der Waals surface area contributed by atoms with Crippen LogP contribution in [0.15, 0.2) is 140 Å². The maximum absolute atomic E-state index is 16.1. The molecule has 6 aromatic carbocycles. The summed E-state index contributed by atoms with van der Waals surface area (Å²) < 4.78 is 20.6. The zero-order valence-corrected chi connectivity index (χ0v) is 22.4. The van der Waals surface area contributed by atoms with E-state index in [0.717, 1.165) is 54.5 Å². The van der Waals surface area contributed by atoms with Crippen molar-refractivity contribution in [2.45, 2.75) is 0 Å². The Bertz CT molecular complexity index is 2350. The Balaban J connectivity index is 1.54. The summed E-state index contributed by atoms with van der Waals surface area (Å²) in [6.07, 6.45) is 0. The highest BCUT2D eigenvalue weighted by atomic mass is 31.2. The Hall–Kier alpha value is -4.85. The van der Waals surface area contributed by atoms with Crippen molar-refractivity contribution in [3.05, 3.63) is 140 Å². The maximum atomic E-state index is 16.1. The molecule has 1 aliphatic rings. The van der Waals surface area contributed by atoms with E-state index in [4.69, 9.17) is 0 Å². The molecule has 0 fully saturated rings. The van der Waals surface area contributed by atoms with E-state index in [1.807, 2.05) is 42.5 Å². The van der Waals surface area contributed by atoms with Crippen LogP contribution in [0.5, 0.6) is 0 Å². The molecule has 2 aromatic heterocycles. The van der Waals surface area contributed by atoms with Gasteiger partial charge in [0.15, 0.2) is 0 Å². The molecule has 1 atom stereocenters. The van der Waals surface area contributed by atoms with E-state index >= 15 is 4.57 Å². The first-order valence-electron chi connectivity index (χ1n) is 13.6. The summed E-state index contributed by atoms with van der Waals surface area (Å²) in [4.78, 5) is 0. The molecular formula is C36H23N2OP. The van der Waals surface area contributed by atoms with Gasteiger partial charge in [0.05, 0.1) is 33.1 Å². The first-order valence-corrected chi connectivity index (χ1v) is 15.2. The van der Waals surface area contributed by atoms with E-state index < -0.39 is 7.29 Å². The summed E-state index contributed by atoms with van der Waals surface area (Å²) in [6.45, 7) is 0. The number of hydrogen-bond acceptors (Lipinski definition) is 1. The van der Waals surface area contributed by atoms with Crippen LogP contribution in [0, 0.1) is 0 Å². The van der Waals surface area contributed by atoms with Crippen molar-refractivity contribution in [2.75, 3.05) is 0 Å². The predicted octanol–water partition coefficient (Wildman–Crippen LogP) is 8.65. The molecule has 3 heterocycles. The average molecular weight is 531 g/mol. The van der Waals surface area contributed by atoms with E-state index in [1.165, 1.54) is 16.5 Å². The molecule has 0 N–H and O–H groups in total. The molecule has 0 bridgehead atoms. The van der Waals surface area contributed by atoms with E-state index in [2.05, 4.69) is 106 Å². The lowest BCUT2D eigenvalue weighted by Gasteiger charge is -2.22. The normalized spacial score (nSPS) is 16.2. The van der Waals surface area contributed by atoms with Crippen LogP contribution in [0.1, 0.15) is 0 Å². The summed E-state index contributed by atoms with van der Waals surface area (Å²) in [5.41, 5.74) is 7.57. The minimum absolute atomic E-state index is 0.837. The number of benzene rings is 6. The summed E-state index contributed by atoms with van der Waals surface area (Å²) in [5, 5.41) is 6.23. The molecule has 0 aliphatic carbocycles. The summed E-state index contributed by atoms with van der Waals surface area (Å²) >= 11 is 0. The molecule has 1 unspecified atom stereocenters. The monoisotopic (exact) mass is 530 g/mol. The molecule has 0 saturated carbocycles. The largest absolute Gasteiger partial charge is 0.306 e. The minimum atomic E-state index is -3.35. The molecule has 0 amide bonds. The molecule has 0 radical (unpaired) electrons. The fraction of sp³-hybridized carbons (Fsp3) is 0. The quantitative estimate of drug-likeness (QED) is 0.206. The van der Waals surface area contributed by atoms with E-state index in [1.54, 1.807) is 0 Å². The van der Waals surface area contributed by atoms with Gasteiger partial charge in [0.1, 0.15) is 0 Å². The molecule has 3 nitrogen and oxygen atoms in total. The summed E-state index contributed by atoms with van der Waals surface area (Å²) in [5.74, 6) is 0. The summed E-state index contributed by atoms with van der Waals surface area (Å²) in [6, 6.07) is 48.5. The standard InChI is InChI=1S/C36H23N2OP/c39-40(26-13-5-2-6-14-26)34-20-10-17-29-30-23-25(24-11-3-1-4-12-24)21-22-31(30)37(36(29)34)33-19-9-16-28-27-15-7-8-18-32(27)38(40)35(28)33/h1-23H. The summed E-state index contributed by atoms with van der Waals surface area (Å²) in [7, 11) is -3.35. The second-order valence-corrected chi connectivity index (χ2v) is 13.1. The van der Waals surface area contributed by atoms with Gasteiger partial charge in [-0.3, -0.25) is 8.90 Å². The van der Waals surface area contributed by atoms with Crippen LogP contribution in [0.3, 0.4) is 0 Å². The molecule has 0 saturated heterocycles. The van der Waals surface area contributed by atoms with Crippen LogP contribution < -0.4 is 10.6 Å².